The monoisotopic (exact) mass is 402 g/mol. The van der Waals surface area contributed by atoms with Crippen LogP contribution in [0.15, 0.2) is 53.4 Å². The normalized spacial score (nSPS) is 15.9. The first-order valence-electron chi connectivity index (χ1n) is 9.55. The zero-order chi connectivity index (χ0) is 20.1. The van der Waals surface area contributed by atoms with Crippen molar-refractivity contribution < 1.29 is 17.9 Å². The number of sulfonamides is 1. The van der Waals surface area contributed by atoms with Crippen LogP contribution in [-0.4, -0.2) is 38.3 Å². The first-order valence-corrected chi connectivity index (χ1v) is 11.0. The zero-order valence-electron chi connectivity index (χ0n) is 16.2. The van der Waals surface area contributed by atoms with Crippen LogP contribution in [0.4, 0.5) is 0 Å². The molecule has 0 aliphatic carbocycles. The van der Waals surface area contributed by atoms with Gasteiger partial charge in [-0.2, -0.15) is 4.31 Å². The number of amides is 1. The third-order valence-electron chi connectivity index (χ3n) is 4.82. The van der Waals surface area contributed by atoms with E-state index in [9.17, 15) is 13.2 Å². The molecule has 3 rings (SSSR count). The largest absolute Gasteiger partial charge is 0.494 e. The third-order valence-corrected chi connectivity index (χ3v) is 6.71. The average Bonchev–Trinajstić information content (AvgIpc) is 3.24. The highest BCUT2D eigenvalue weighted by molar-refractivity contribution is 7.89. The van der Waals surface area contributed by atoms with Crippen LogP contribution in [0.5, 0.6) is 5.75 Å². The van der Waals surface area contributed by atoms with E-state index in [2.05, 4.69) is 5.32 Å². The van der Waals surface area contributed by atoms with Gasteiger partial charge in [-0.3, -0.25) is 4.79 Å². The van der Waals surface area contributed by atoms with Gasteiger partial charge in [0, 0.05) is 18.7 Å². The minimum atomic E-state index is -3.55. The highest BCUT2D eigenvalue weighted by atomic mass is 32.2. The minimum Gasteiger partial charge on any atom is -0.494 e. The van der Waals surface area contributed by atoms with Gasteiger partial charge in [-0.25, -0.2) is 8.42 Å². The van der Waals surface area contributed by atoms with Crippen molar-refractivity contribution in [2.45, 2.75) is 37.6 Å². The first kappa shape index (κ1) is 20.4. The number of rotatable bonds is 7. The molecule has 1 fully saturated rings. The van der Waals surface area contributed by atoms with Crippen molar-refractivity contribution in [2.24, 2.45) is 0 Å². The molecule has 0 spiro atoms. The molecule has 1 heterocycles. The van der Waals surface area contributed by atoms with E-state index in [1.165, 1.54) is 10.4 Å². The third kappa shape index (κ3) is 4.54. The summed E-state index contributed by atoms with van der Waals surface area (Å²) in [6.07, 6.45) is 1.75. The van der Waals surface area contributed by atoms with Crippen LogP contribution >= 0.6 is 0 Å². The molecular weight excluding hydrogens is 376 g/mol. The molecule has 0 bridgehead atoms. The van der Waals surface area contributed by atoms with Crippen LogP contribution in [0.2, 0.25) is 0 Å². The summed E-state index contributed by atoms with van der Waals surface area (Å²) in [5.41, 5.74) is 1.24. The van der Waals surface area contributed by atoms with Crippen molar-refractivity contribution in [3.63, 3.8) is 0 Å². The average molecular weight is 403 g/mol. The summed E-state index contributed by atoms with van der Waals surface area (Å²) in [4.78, 5) is 12.8. The number of nitrogens with one attached hydrogen (secondary N) is 1. The lowest BCUT2D eigenvalue weighted by molar-refractivity contribution is 0.0939. The molecule has 1 atom stereocenters. The van der Waals surface area contributed by atoms with E-state index in [1.807, 2.05) is 38.1 Å². The van der Waals surface area contributed by atoms with Crippen molar-refractivity contribution in [1.82, 2.24) is 9.62 Å². The van der Waals surface area contributed by atoms with Gasteiger partial charge in [0.15, 0.2) is 0 Å². The Labute approximate surface area is 166 Å². The maximum Gasteiger partial charge on any atom is 0.251 e. The Balaban J connectivity index is 1.75. The van der Waals surface area contributed by atoms with E-state index < -0.39 is 10.0 Å². The Hall–Kier alpha value is -2.38. The zero-order valence-corrected chi connectivity index (χ0v) is 17.0. The topological polar surface area (TPSA) is 75.7 Å². The summed E-state index contributed by atoms with van der Waals surface area (Å²) >= 11 is 0. The summed E-state index contributed by atoms with van der Waals surface area (Å²) in [6.45, 7) is 5.44. The van der Waals surface area contributed by atoms with E-state index in [0.717, 1.165) is 24.2 Å². The van der Waals surface area contributed by atoms with Gasteiger partial charge in [0.2, 0.25) is 10.0 Å². The maximum atomic E-state index is 12.7. The van der Waals surface area contributed by atoms with Crippen LogP contribution in [0.1, 0.15) is 48.7 Å². The second kappa shape index (κ2) is 8.75. The number of benzene rings is 2. The number of hydrogen-bond donors (Lipinski definition) is 1. The maximum absolute atomic E-state index is 12.7. The van der Waals surface area contributed by atoms with Crippen molar-refractivity contribution >= 4 is 15.9 Å². The lowest BCUT2D eigenvalue weighted by Gasteiger charge is -2.17. The smallest absolute Gasteiger partial charge is 0.251 e. The first-order chi connectivity index (χ1) is 13.4. The molecule has 1 saturated heterocycles. The van der Waals surface area contributed by atoms with Crippen LogP contribution < -0.4 is 10.1 Å². The summed E-state index contributed by atoms with van der Waals surface area (Å²) in [6, 6.07) is 13.5. The van der Waals surface area contributed by atoms with Gasteiger partial charge < -0.3 is 10.1 Å². The lowest BCUT2D eigenvalue weighted by atomic mass is 10.1. The second-order valence-corrected chi connectivity index (χ2v) is 8.78. The van der Waals surface area contributed by atoms with E-state index in [1.54, 1.807) is 18.2 Å². The molecule has 28 heavy (non-hydrogen) atoms. The second-order valence-electron chi connectivity index (χ2n) is 6.84. The predicted molar refractivity (Wildman–Crippen MR) is 108 cm³/mol. The standard InChI is InChI=1S/C21H26N2O4S/c1-3-27-19-10-6-8-17(14-19)16(2)22-21(24)18-9-7-11-20(15-18)28(25,26)23-12-4-5-13-23/h6-11,14-16H,3-5,12-13H2,1-2H3,(H,22,24). The molecule has 1 aliphatic rings. The van der Waals surface area contributed by atoms with Crippen LogP contribution in [0.3, 0.4) is 0 Å². The molecule has 0 radical (unpaired) electrons. The molecular formula is C21H26N2O4S. The molecule has 0 saturated carbocycles. The fourth-order valence-corrected chi connectivity index (χ4v) is 4.84. The van der Waals surface area contributed by atoms with E-state index in [4.69, 9.17) is 4.74 Å². The molecule has 1 unspecified atom stereocenters. The van der Waals surface area contributed by atoms with Crippen molar-refractivity contribution in [1.29, 1.82) is 0 Å². The number of carbonyl (C=O) groups is 1. The van der Waals surface area contributed by atoms with Gasteiger partial charge in [-0.1, -0.05) is 18.2 Å². The number of nitrogens with zero attached hydrogens (tertiary/aromatic N) is 1. The molecule has 7 heteroatoms. The van der Waals surface area contributed by atoms with Crippen molar-refractivity contribution in [3.8, 4) is 5.75 Å². The SMILES string of the molecule is CCOc1cccc(C(C)NC(=O)c2cccc(S(=O)(=O)N3CCCC3)c2)c1. The van der Waals surface area contributed by atoms with Gasteiger partial charge in [-0.15, -0.1) is 0 Å². The molecule has 0 aromatic heterocycles. The minimum absolute atomic E-state index is 0.160. The van der Waals surface area contributed by atoms with Gasteiger partial charge >= 0.3 is 0 Å². The fraction of sp³-hybridized carbons (Fsp3) is 0.381. The molecule has 1 aliphatic heterocycles. The summed E-state index contributed by atoms with van der Waals surface area (Å²) in [5, 5.41) is 2.93. The Bertz CT molecular complexity index is 937. The van der Waals surface area contributed by atoms with E-state index >= 15 is 0 Å². The molecule has 1 amide bonds. The van der Waals surface area contributed by atoms with Crippen LogP contribution in [0.25, 0.3) is 0 Å². The summed E-state index contributed by atoms with van der Waals surface area (Å²) in [5.74, 6) is 0.438. The molecule has 6 nitrogen and oxygen atoms in total. The Kier molecular flexibility index (Phi) is 6.36. The highest BCUT2D eigenvalue weighted by Gasteiger charge is 2.27. The van der Waals surface area contributed by atoms with Crippen LogP contribution in [0, 0.1) is 0 Å². The highest BCUT2D eigenvalue weighted by Crippen LogP contribution is 2.23. The Morgan fingerprint density at radius 1 is 1.14 bits per heavy atom. The summed E-state index contributed by atoms with van der Waals surface area (Å²) < 4.78 is 32.4. The van der Waals surface area contributed by atoms with E-state index in [-0.39, 0.29) is 16.8 Å². The number of hydrogen-bond acceptors (Lipinski definition) is 4. The van der Waals surface area contributed by atoms with Crippen LogP contribution in [-0.2, 0) is 10.0 Å². The van der Waals surface area contributed by atoms with Gasteiger partial charge in [-0.05, 0) is 62.6 Å². The molecule has 150 valence electrons. The van der Waals surface area contributed by atoms with Gasteiger partial charge in [0.05, 0.1) is 17.5 Å². The molecule has 1 N–H and O–H groups in total. The van der Waals surface area contributed by atoms with E-state index in [0.29, 0.717) is 25.3 Å². The lowest BCUT2D eigenvalue weighted by Crippen LogP contribution is -2.29. The quantitative estimate of drug-likeness (QED) is 0.771. The Morgan fingerprint density at radius 3 is 2.57 bits per heavy atom. The number of ether oxygens (including phenoxy) is 1. The summed E-state index contributed by atoms with van der Waals surface area (Å²) in [7, 11) is -3.55. The number of carbonyl (C=O) groups excluding carboxylic acids is 1. The van der Waals surface area contributed by atoms with Gasteiger partial charge in [0.25, 0.3) is 5.91 Å². The van der Waals surface area contributed by atoms with Gasteiger partial charge in [0.1, 0.15) is 5.75 Å². The Morgan fingerprint density at radius 2 is 1.86 bits per heavy atom. The molecule has 2 aromatic carbocycles. The van der Waals surface area contributed by atoms with Crippen molar-refractivity contribution in [2.75, 3.05) is 19.7 Å². The van der Waals surface area contributed by atoms with Crippen molar-refractivity contribution in [3.05, 3.63) is 59.7 Å². The molecule has 2 aromatic rings. The fourth-order valence-electron chi connectivity index (χ4n) is 3.28. The predicted octanol–water partition coefficient (Wildman–Crippen LogP) is 3.36.